The van der Waals surface area contributed by atoms with Gasteiger partial charge in [0, 0.05) is 35.7 Å². The molecule has 2 heterocycles. The molecule has 1 fully saturated rings. The molecule has 6 nitrogen and oxygen atoms in total. The van der Waals surface area contributed by atoms with Gasteiger partial charge in [-0.15, -0.1) is 0 Å². The van der Waals surface area contributed by atoms with Crippen LogP contribution in [0.1, 0.15) is 49.3 Å². The maximum absolute atomic E-state index is 13.9. The van der Waals surface area contributed by atoms with Gasteiger partial charge in [-0.1, -0.05) is 0 Å². The van der Waals surface area contributed by atoms with Gasteiger partial charge in [0.15, 0.2) is 17.5 Å². The second-order valence-electron chi connectivity index (χ2n) is 9.73. The second kappa shape index (κ2) is 12.3. The first-order chi connectivity index (χ1) is 18.3. The Hall–Kier alpha value is -2.95. The third kappa shape index (κ3) is 6.03. The Bertz CT molecular complexity index is 1220. The van der Waals surface area contributed by atoms with Crippen molar-refractivity contribution in [2.45, 2.75) is 51.0 Å². The monoisotopic (exact) mass is 536 g/mol. The molecule has 1 saturated heterocycles. The van der Waals surface area contributed by atoms with E-state index in [0.29, 0.717) is 60.1 Å². The Labute approximate surface area is 218 Å². The van der Waals surface area contributed by atoms with Gasteiger partial charge < -0.3 is 25.0 Å². The Balaban J connectivity index is 1.48. The van der Waals surface area contributed by atoms with Crippen molar-refractivity contribution in [1.82, 2.24) is 10.3 Å². The number of ether oxygens (including phenoxy) is 2. The van der Waals surface area contributed by atoms with E-state index >= 15 is 0 Å². The van der Waals surface area contributed by atoms with Crippen molar-refractivity contribution >= 4 is 10.9 Å². The molecule has 0 bridgehead atoms. The maximum atomic E-state index is 13.9. The van der Waals surface area contributed by atoms with Crippen molar-refractivity contribution in [3.8, 4) is 11.5 Å². The summed E-state index contributed by atoms with van der Waals surface area (Å²) in [6.07, 6.45) is 1.78. The van der Waals surface area contributed by atoms with Crippen LogP contribution in [0, 0.1) is 22.9 Å². The van der Waals surface area contributed by atoms with Crippen LogP contribution in [-0.4, -0.2) is 48.1 Å². The van der Waals surface area contributed by atoms with E-state index in [-0.39, 0.29) is 25.2 Å². The minimum Gasteiger partial charge on any atom is -0.497 e. The first-order valence-corrected chi connectivity index (χ1v) is 12.6. The summed E-state index contributed by atoms with van der Waals surface area (Å²) in [7, 11) is 1.53. The molecule has 10 heteroatoms. The highest BCUT2D eigenvalue weighted by atomic mass is 19.2. The minimum atomic E-state index is -1.57. The summed E-state index contributed by atoms with van der Waals surface area (Å²) in [6.45, 7) is 0.525. The number of aliphatic hydroxyl groups excluding tert-OH is 2. The number of fused-ring (bicyclic) bond motifs is 1. The number of hydrogen-bond acceptors (Lipinski definition) is 6. The zero-order chi connectivity index (χ0) is 27.3. The predicted octanol–water partition coefficient (Wildman–Crippen LogP) is 5.14. The first kappa shape index (κ1) is 28.1. The van der Waals surface area contributed by atoms with Crippen LogP contribution in [0.4, 0.5) is 17.6 Å². The van der Waals surface area contributed by atoms with Gasteiger partial charge in [-0.2, -0.15) is 0 Å². The molecule has 0 unspecified atom stereocenters. The molecule has 0 radical (unpaired) electrons. The summed E-state index contributed by atoms with van der Waals surface area (Å²) in [5.74, 6) is -3.87. The van der Waals surface area contributed by atoms with E-state index in [0.717, 1.165) is 12.1 Å². The Morgan fingerprint density at radius 2 is 1.74 bits per heavy atom. The minimum absolute atomic E-state index is 0.0375. The average Bonchev–Trinajstić information content (AvgIpc) is 2.93. The molecule has 0 aliphatic carbocycles. The summed E-state index contributed by atoms with van der Waals surface area (Å²) in [6, 6.07) is 6.75. The van der Waals surface area contributed by atoms with Gasteiger partial charge >= 0.3 is 0 Å². The standard InChI is InChI=1S/C28H32F4N2O4/c1-37-18-2-3-23-20(12-18)26(17(15-29)16-34-23)24(35)4-6-28(7-9-33-10-8-28)25(36)5-11-38-19-13-21(30)27(32)22(31)14-19/h2-3,12-14,16,24-25,33,35-36H,4-11,15H2,1H3/t24-,25+/m1/s1. The van der Waals surface area contributed by atoms with E-state index in [2.05, 4.69) is 10.3 Å². The number of piperidine rings is 1. The molecule has 1 aliphatic heterocycles. The number of halogens is 4. The third-order valence-electron chi connectivity index (χ3n) is 7.52. The zero-order valence-corrected chi connectivity index (χ0v) is 21.2. The zero-order valence-electron chi connectivity index (χ0n) is 21.2. The van der Waals surface area contributed by atoms with Gasteiger partial charge in [0.1, 0.15) is 18.2 Å². The van der Waals surface area contributed by atoms with Crippen LogP contribution in [-0.2, 0) is 6.67 Å². The topological polar surface area (TPSA) is 83.8 Å². The molecule has 0 saturated carbocycles. The van der Waals surface area contributed by atoms with Gasteiger partial charge in [-0.05, 0) is 68.0 Å². The van der Waals surface area contributed by atoms with E-state index in [1.807, 2.05) is 0 Å². The molecule has 2 atom stereocenters. The van der Waals surface area contributed by atoms with Gasteiger partial charge in [-0.25, -0.2) is 17.6 Å². The van der Waals surface area contributed by atoms with Crippen molar-refractivity contribution in [2.24, 2.45) is 5.41 Å². The van der Waals surface area contributed by atoms with Crippen molar-refractivity contribution in [3.63, 3.8) is 0 Å². The number of aromatic nitrogens is 1. The van der Waals surface area contributed by atoms with Crippen molar-refractivity contribution in [2.75, 3.05) is 26.8 Å². The fourth-order valence-electron chi connectivity index (χ4n) is 5.31. The fourth-order valence-corrected chi connectivity index (χ4v) is 5.31. The first-order valence-electron chi connectivity index (χ1n) is 12.6. The summed E-state index contributed by atoms with van der Waals surface area (Å²) in [4.78, 5) is 4.30. The molecule has 4 rings (SSSR count). The number of hydrogen-bond donors (Lipinski definition) is 3. The molecule has 38 heavy (non-hydrogen) atoms. The summed E-state index contributed by atoms with van der Waals surface area (Å²) in [5.41, 5.74) is 0.814. The maximum Gasteiger partial charge on any atom is 0.194 e. The van der Waals surface area contributed by atoms with E-state index in [9.17, 15) is 27.8 Å². The van der Waals surface area contributed by atoms with Gasteiger partial charge in [-0.3, -0.25) is 4.98 Å². The summed E-state index contributed by atoms with van der Waals surface area (Å²) < 4.78 is 64.7. The summed E-state index contributed by atoms with van der Waals surface area (Å²) in [5, 5.41) is 26.3. The van der Waals surface area contributed by atoms with Crippen LogP contribution in [0.2, 0.25) is 0 Å². The van der Waals surface area contributed by atoms with Gasteiger partial charge in [0.2, 0.25) is 0 Å². The second-order valence-corrected chi connectivity index (χ2v) is 9.73. The van der Waals surface area contributed by atoms with Crippen LogP contribution in [0.15, 0.2) is 36.5 Å². The van der Waals surface area contributed by atoms with Crippen molar-refractivity contribution in [1.29, 1.82) is 0 Å². The van der Waals surface area contributed by atoms with Crippen molar-refractivity contribution in [3.05, 3.63) is 65.1 Å². The number of rotatable bonds is 11. The Morgan fingerprint density at radius 3 is 2.39 bits per heavy atom. The van der Waals surface area contributed by atoms with E-state index < -0.39 is 41.7 Å². The van der Waals surface area contributed by atoms with E-state index in [1.54, 1.807) is 18.2 Å². The lowest BCUT2D eigenvalue weighted by Gasteiger charge is -2.42. The highest BCUT2D eigenvalue weighted by molar-refractivity contribution is 5.85. The largest absolute Gasteiger partial charge is 0.497 e. The fraction of sp³-hybridized carbons (Fsp3) is 0.464. The molecule has 1 aliphatic rings. The molecule has 0 spiro atoms. The lowest BCUT2D eigenvalue weighted by molar-refractivity contribution is -0.0260. The molecular formula is C28H32F4N2O4. The lowest BCUT2D eigenvalue weighted by Crippen LogP contribution is -2.45. The molecule has 3 N–H and O–H groups in total. The van der Waals surface area contributed by atoms with Crippen molar-refractivity contribution < 1.29 is 37.2 Å². The van der Waals surface area contributed by atoms with E-state index in [4.69, 9.17) is 9.47 Å². The van der Waals surface area contributed by atoms with E-state index in [1.165, 1.54) is 13.3 Å². The Morgan fingerprint density at radius 1 is 1.03 bits per heavy atom. The molecule has 2 aromatic carbocycles. The highest BCUT2D eigenvalue weighted by Gasteiger charge is 2.39. The predicted molar refractivity (Wildman–Crippen MR) is 134 cm³/mol. The normalized spacial score (nSPS) is 16.8. The van der Waals surface area contributed by atoms with Gasteiger partial charge in [0.25, 0.3) is 0 Å². The van der Waals surface area contributed by atoms with Crippen LogP contribution in [0.3, 0.4) is 0 Å². The smallest absolute Gasteiger partial charge is 0.194 e. The highest BCUT2D eigenvalue weighted by Crippen LogP contribution is 2.42. The third-order valence-corrected chi connectivity index (χ3v) is 7.52. The number of nitrogens with zero attached hydrogens (tertiary/aromatic N) is 1. The molecule has 1 aromatic heterocycles. The number of aliphatic hydroxyl groups is 2. The van der Waals surface area contributed by atoms with Crippen LogP contribution in [0.5, 0.6) is 11.5 Å². The van der Waals surface area contributed by atoms with Crippen LogP contribution in [0.25, 0.3) is 10.9 Å². The van der Waals surface area contributed by atoms with Crippen LogP contribution >= 0.6 is 0 Å². The summed E-state index contributed by atoms with van der Waals surface area (Å²) >= 11 is 0. The van der Waals surface area contributed by atoms with Gasteiger partial charge in [0.05, 0.1) is 31.4 Å². The molecule has 0 amide bonds. The number of methoxy groups -OCH3 is 1. The number of pyridine rings is 1. The quantitative estimate of drug-likeness (QED) is 0.233. The molecular weight excluding hydrogens is 504 g/mol. The number of benzene rings is 2. The molecule has 3 aromatic rings. The van der Waals surface area contributed by atoms with Crippen LogP contribution < -0.4 is 14.8 Å². The molecule has 206 valence electrons. The Kier molecular flexibility index (Phi) is 9.07. The SMILES string of the molecule is COc1ccc2ncc(CF)c([C@H](O)CCC3([C@@H](O)CCOc4cc(F)c(F)c(F)c4)CCNCC3)c2c1. The number of alkyl halides is 1. The lowest BCUT2D eigenvalue weighted by atomic mass is 9.69. The average molecular weight is 537 g/mol. The number of nitrogens with one attached hydrogen (secondary N) is 1.